The zero-order valence-corrected chi connectivity index (χ0v) is 13.1. The lowest BCUT2D eigenvalue weighted by Crippen LogP contribution is -2.14. The maximum atomic E-state index is 12.9. The van der Waals surface area contributed by atoms with Crippen LogP contribution in [0.5, 0.6) is 0 Å². The van der Waals surface area contributed by atoms with Gasteiger partial charge in [-0.05, 0) is 31.4 Å². The van der Waals surface area contributed by atoms with Gasteiger partial charge in [0.25, 0.3) is 0 Å². The predicted octanol–water partition coefficient (Wildman–Crippen LogP) is 4.45. The van der Waals surface area contributed by atoms with Gasteiger partial charge >= 0.3 is 7.60 Å². The van der Waals surface area contributed by atoms with Gasteiger partial charge in [-0.15, -0.1) is 0 Å². The molecule has 108 valence electrons. The Balaban J connectivity index is 2.84. The van der Waals surface area contributed by atoms with E-state index in [1.54, 1.807) is 0 Å². The molecule has 0 fully saturated rings. The highest BCUT2D eigenvalue weighted by molar-refractivity contribution is 7.62. The Hall–Kier alpha value is -0.630. The van der Waals surface area contributed by atoms with Crippen molar-refractivity contribution < 1.29 is 13.6 Å². The molecule has 0 saturated carbocycles. The highest BCUT2D eigenvalue weighted by Gasteiger charge is 2.28. The summed E-state index contributed by atoms with van der Waals surface area (Å²) in [4.78, 5) is 0. The first-order valence-electron chi connectivity index (χ1n) is 7.09. The molecule has 1 rings (SSSR count). The van der Waals surface area contributed by atoms with Crippen LogP contribution < -0.4 is 5.30 Å². The fourth-order valence-electron chi connectivity index (χ4n) is 1.71. The molecule has 0 radical (unpaired) electrons. The maximum absolute atomic E-state index is 12.9. The van der Waals surface area contributed by atoms with Crippen LogP contribution in [0.2, 0.25) is 0 Å². The molecule has 0 atom stereocenters. The summed E-state index contributed by atoms with van der Waals surface area (Å²) in [5.41, 5.74) is 0.957. The first-order valence-corrected chi connectivity index (χ1v) is 8.63. The minimum absolute atomic E-state index is 0.480. The molecule has 1 aromatic carbocycles. The molecule has 3 nitrogen and oxygen atoms in total. The largest absolute Gasteiger partial charge is 0.361 e. The molecular formula is C15H25O3P. The minimum atomic E-state index is -3.17. The van der Waals surface area contributed by atoms with E-state index in [-0.39, 0.29) is 0 Å². The third-order valence-corrected chi connectivity index (χ3v) is 5.07. The average Bonchev–Trinajstić information content (AvgIpc) is 2.40. The molecule has 0 amide bonds. The van der Waals surface area contributed by atoms with E-state index in [4.69, 9.17) is 9.05 Å². The Morgan fingerprint density at radius 1 is 1.00 bits per heavy atom. The molecule has 0 aliphatic rings. The Labute approximate surface area is 116 Å². The van der Waals surface area contributed by atoms with E-state index in [9.17, 15) is 4.57 Å². The zero-order valence-electron chi connectivity index (χ0n) is 12.2. The third-order valence-electron chi connectivity index (χ3n) is 2.93. The van der Waals surface area contributed by atoms with Crippen molar-refractivity contribution in [3.63, 3.8) is 0 Å². The second kappa shape index (κ2) is 8.52. The van der Waals surface area contributed by atoms with E-state index in [0.29, 0.717) is 18.5 Å². The summed E-state index contributed by atoms with van der Waals surface area (Å²) >= 11 is 0. The van der Waals surface area contributed by atoms with Crippen LogP contribution in [-0.4, -0.2) is 13.2 Å². The molecule has 4 heteroatoms. The lowest BCUT2D eigenvalue weighted by atomic mass is 10.2. The van der Waals surface area contributed by atoms with Crippen LogP contribution in [0.15, 0.2) is 24.3 Å². The third kappa shape index (κ3) is 5.10. The Kier molecular flexibility index (Phi) is 7.37. The van der Waals surface area contributed by atoms with Crippen molar-refractivity contribution in [3.05, 3.63) is 29.8 Å². The summed E-state index contributed by atoms with van der Waals surface area (Å²) in [6.45, 7) is 7.07. The predicted molar refractivity (Wildman–Crippen MR) is 80.1 cm³/mol. The smallest absolute Gasteiger partial charge is 0.305 e. The molecule has 0 saturated heterocycles. The van der Waals surface area contributed by atoms with E-state index in [1.165, 1.54) is 0 Å². The summed E-state index contributed by atoms with van der Waals surface area (Å²) in [6, 6.07) is 7.59. The highest BCUT2D eigenvalue weighted by atomic mass is 31.2. The van der Waals surface area contributed by atoms with Gasteiger partial charge in [-0.25, -0.2) is 0 Å². The number of unbranched alkanes of at least 4 members (excludes halogenated alkanes) is 2. The fraction of sp³-hybridized carbons (Fsp3) is 0.600. The molecule has 0 aliphatic carbocycles. The van der Waals surface area contributed by atoms with Crippen molar-refractivity contribution >= 4 is 12.9 Å². The van der Waals surface area contributed by atoms with E-state index >= 15 is 0 Å². The quantitative estimate of drug-likeness (QED) is 0.496. The minimum Gasteiger partial charge on any atom is -0.305 e. The van der Waals surface area contributed by atoms with Gasteiger partial charge < -0.3 is 9.05 Å². The van der Waals surface area contributed by atoms with Crippen LogP contribution in [-0.2, 0) is 13.6 Å². The van der Waals surface area contributed by atoms with Crippen molar-refractivity contribution in [2.45, 2.75) is 46.5 Å². The molecule has 0 heterocycles. The Morgan fingerprint density at radius 3 is 2.00 bits per heavy atom. The molecule has 1 aromatic rings. The van der Waals surface area contributed by atoms with Crippen LogP contribution in [0.1, 0.15) is 45.1 Å². The molecule has 19 heavy (non-hydrogen) atoms. The topological polar surface area (TPSA) is 35.5 Å². The van der Waals surface area contributed by atoms with Crippen molar-refractivity contribution in [1.82, 2.24) is 0 Å². The van der Waals surface area contributed by atoms with Gasteiger partial charge in [-0.2, -0.15) is 0 Å². The Morgan fingerprint density at radius 2 is 1.53 bits per heavy atom. The summed E-state index contributed by atoms with van der Waals surface area (Å²) in [5.74, 6) is 0. The SMILES string of the molecule is CCCCOP(=O)(OCCCC)c1ccccc1C. The molecule has 0 aliphatic heterocycles. The molecule has 0 N–H and O–H groups in total. The van der Waals surface area contributed by atoms with Crippen LogP contribution in [0.4, 0.5) is 0 Å². The highest BCUT2D eigenvalue weighted by Crippen LogP contribution is 2.48. The monoisotopic (exact) mass is 284 g/mol. The summed E-state index contributed by atoms with van der Waals surface area (Å²) in [7, 11) is -3.17. The fourth-order valence-corrected chi connectivity index (χ4v) is 3.57. The second-order valence-corrected chi connectivity index (χ2v) is 6.65. The Bertz CT molecular complexity index is 404. The molecular weight excluding hydrogens is 259 g/mol. The van der Waals surface area contributed by atoms with Crippen molar-refractivity contribution in [2.75, 3.05) is 13.2 Å². The van der Waals surface area contributed by atoms with Crippen LogP contribution in [0, 0.1) is 6.92 Å². The van der Waals surface area contributed by atoms with Crippen molar-refractivity contribution in [2.24, 2.45) is 0 Å². The number of hydrogen-bond acceptors (Lipinski definition) is 3. The van der Waals surface area contributed by atoms with Gasteiger partial charge in [0.1, 0.15) is 0 Å². The number of benzene rings is 1. The summed E-state index contributed by atoms with van der Waals surface area (Å²) < 4.78 is 24.2. The molecule has 0 bridgehead atoms. The van der Waals surface area contributed by atoms with E-state index in [1.807, 2.05) is 31.2 Å². The van der Waals surface area contributed by atoms with Gasteiger partial charge in [-0.3, -0.25) is 4.57 Å². The van der Waals surface area contributed by atoms with Gasteiger partial charge in [0.05, 0.1) is 18.5 Å². The standard InChI is InChI=1S/C15H25O3P/c1-4-6-12-17-19(16,18-13-7-5-2)15-11-9-8-10-14(15)3/h8-11H,4-7,12-13H2,1-3H3. The van der Waals surface area contributed by atoms with E-state index in [0.717, 1.165) is 31.2 Å². The van der Waals surface area contributed by atoms with Crippen LogP contribution in [0.3, 0.4) is 0 Å². The van der Waals surface area contributed by atoms with E-state index < -0.39 is 7.60 Å². The molecule has 0 aromatic heterocycles. The number of aryl methyl sites for hydroxylation is 1. The summed E-state index contributed by atoms with van der Waals surface area (Å²) in [5, 5.41) is 0.696. The normalized spacial score (nSPS) is 11.7. The van der Waals surface area contributed by atoms with Gasteiger partial charge in [0.15, 0.2) is 0 Å². The lowest BCUT2D eigenvalue weighted by Gasteiger charge is -2.20. The molecule has 0 unspecified atom stereocenters. The second-order valence-electron chi connectivity index (χ2n) is 4.66. The summed E-state index contributed by atoms with van der Waals surface area (Å²) in [6.07, 6.45) is 3.82. The maximum Gasteiger partial charge on any atom is 0.361 e. The van der Waals surface area contributed by atoms with Crippen LogP contribution in [0.25, 0.3) is 0 Å². The number of hydrogen-bond donors (Lipinski definition) is 0. The van der Waals surface area contributed by atoms with Crippen LogP contribution >= 0.6 is 7.60 Å². The van der Waals surface area contributed by atoms with Gasteiger partial charge in [0.2, 0.25) is 0 Å². The zero-order chi connectivity index (χ0) is 14.1. The van der Waals surface area contributed by atoms with E-state index in [2.05, 4.69) is 13.8 Å². The van der Waals surface area contributed by atoms with Gasteiger partial charge in [-0.1, -0.05) is 44.9 Å². The first-order chi connectivity index (χ1) is 9.14. The van der Waals surface area contributed by atoms with Gasteiger partial charge in [0, 0.05) is 0 Å². The van der Waals surface area contributed by atoms with Crippen molar-refractivity contribution in [3.8, 4) is 0 Å². The first kappa shape index (κ1) is 16.4. The van der Waals surface area contributed by atoms with Crippen molar-refractivity contribution in [1.29, 1.82) is 0 Å². The number of rotatable bonds is 9. The average molecular weight is 284 g/mol. The molecule has 0 spiro atoms. The lowest BCUT2D eigenvalue weighted by molar-refractivity contribution is 0.208.